The molecule has 0 unspecified atom stereocenters. The second kappa shape index (κ2) is 9.89. The second-order valence-corrected chi connectivity index (χ2v) is 9.01. The third-order valence-electron chi connectivity index (χ3n) is 4.65. The maximum Gasteiger partial charge on any atom is 0.262 e. The van der Waals surface area contributed by atoms with Crippen molar-refractivity contribution in [2.24, 2.45) is 0 Å². The Balaban J connectivity index is 2.15. The van der Waals surface area contributed by atoms with Crippen LogP contribution in [0.5, 0.6) is 0 Å². The van der Waals surface area contributed by atoms with Gasteiger partial charge in [-0.15, -0.1) is 0 Å². The van der Waals surface area contributed by atoms with E-state index in [1.54, 1.807) is 31.2 Å². The molecule has 1 amide bonds. The Kier molecular flexibility index (Phi) is 7.81. The van der Waals surface area contributed by atoms with Crippen molar-refractivity contribution in [1.29, 1.82) is 0 Å². The van der Waals surface area contributed by atoms with Gasteiger partial charge in [-0.2, -0.15) is 0 Å². The van der Waals surface area contributed by atoms with Crippen molar-refractivity contribution >= 4 is 21.6 Å². The number of hydrogen-bond donors (Lipinski definition) is 2. The molecular formula is C22H30N2O4S. The molecule has 0 saturated carbocycles. The quantitative estimate of drug-likeness (QED) is 0.604. The lowest BCUT2D eigenvalue weighted by molar-refractivity contribution is 0.0757. The molecule has 0 spiro atoms. The number of carbonyl (C=O) groups is 1. The monoisotopic (exact) mass is 418 g/mol. The van der Waals surface area contributed by atoms with E-state index in [9.17, 15) is 13.2 Å². The largest absolute Gasteiger partial charge is 0.379 e. The van der Waals surface area contributed by atoms with Crippen molar-refractivity contribution in [2.45, 2.75) is 52.0 Å². The molecule has 7 heteroatoms. The number of amides is 1. The summed E-state index contributed by atoms with van der Waals surface area (Å²) >= 11 is 0. The molecule has 0 bridgehead atoms. The molecule has 0 aliphatic heterocycles. The summed E-state index contributed by atoms with van der Waals surface area (Å²) in [6, 6.07) is 10.2. The van der Waals surface area contributed by atoms with E-state index < -0.39 is 10.0 Å². The lowest BCUT2D eigenvalue weighted by Crippen LogP contribution is -2.26. The molecule has 0 radical (unpaired) electrons. The van der Waals surface area contributed by atoms with Crippen molar-refractivity contribution in [1.82, 2.24) is 5.32 Å². The minimum absolute atomic E-state index is 0.0918. The van der Waals surface area contributed by atoms with Crippen LogP contribution in [0.15, 0.2) is 41.3 Å². The van der Waals surface area contributed by atoms with Gasteiger partial charge in [-0.25, -0.2) is 8.42 Å². The van der Waals surface area contributed by atoms with Gasteiger partial charge in [0.2, 0.25) is 0 Å². The molecule has 2 aromatic rings. The fourth-order valence-corrected chi connectivity index (χ4v) is 4.18. The minimum Gasteiger partial charge on any atom is -0.379 e. The van der Waals surface area contributed by atoms with Crippen LogP contribution in [0.25, 0.3) is 0 Å². The first-order chi connectivity index (χ1) is 13.6. The zero-order chi connectivity index (χ0) is 21.6. The first-order valence-electron chi connectivity index (χ1n) is 9.71. The Morgan fingerprint density at radius 3 is 2.48 bits per heavy atom. The Bertz CT molecular complexity index is 969. The van der Waals surface area contributed by atoms with Gasteiger partial charge in [-0.1, -0.05) is 18.2 Å². The van der Waals surface area contributed by atoms with E-state index in [0.29, 0.717) is 36.4 Å². The number of aryl methyl sites for hydroxylation is 2. The highest BCUT2D eigenvalue weighted by molar-refractivity contribution is 7.92. The number of anilines is 1. The predicted molar refractivity (Wildman–Crippen MR) is 116 cm³/mol. The van der Waals surface area contributed by atoms with E-state index in [4.69, 9.17) is 4.74 Å². The highest BCUT2D eigenvalue weighted by Gasteiger charge is 2.20. The standard InChI is InChI=1S/C22H30N2O4S/c1-15(2)28-13-7-12-23-22(25)19-11-10-17(4)21(14-19)29(26,27)24-20-9-6-8-16(3)18(20)5/h6,8-11,14-15,24H,7,12-13H2,1-5H3,(H,23,25). The molecule has 2 N–H and O–H groups in total. The van der Waals surface area contributed by atoms with Gasteiger partial charge in [0.25, 0.3) is 15.9 Å². The molecular weight excluding hydrogens is 388 g/mol. The van der Waals surface area contributed by atoms with Crippen LogP contribution in [0.1, 0.15) is 47.3 Å². The molecule has 0 aliphatic carbocycles. The number of benzene rings is 2. The minimum atomic E-state index is -3.83. The van der Waals surface area contributed by atoms with Gasteiger partial charge in [0, 0.05) is 18.7 Å². The maximum atomic E-state index is 13.0. The maximum absolute atomic E-state index is 13.0. The molecule has 158 valence electrons. The molecule has 0 fully saturated rings. The van der Waals surface area contributed by atoms with Crippen molar-refractivity contribution in [3.63, 3.8) is 0 Å². The van der Waals surface area contributed by atoms with E-state index in [1.807, 2.05) is 33.8 Å². The first kappa shape index (κ1) is 22.9. The Labute approximate surface area is 173 Å². The highest BCUT2D eigenvalue weighted by Crippen LogP contribution is 2.24. The average molecular weight is 419 g/mol. The number of rotatable bonds is 9. The van der Waals surface area contributed by atoms with E-state index >= 15 is 0 Å². The summed E-state index contributed by atoms with van der Waals surface area (Å²) in [6.07, 6.45) is 0.842. The van der Waals surface area contributed by atoms with Gasteiger partial charge in [-0.05, 0) is 75.9 Å². The smallest absolute Gasteiger partial charge is 0.262 e. The van der Waals surface area contributed by atoms with Crippen molar-refractivity contribution in [3.05, 3.63) is 58.7 Å². The van der Waals surface area contributed by atoms with Crippen LogP contribution >= 0.6 is 0 Å². The van der Waals surface area contributed by atoms with Crippen LogP contribution in [0.2, 0.25) is 0 Å². The number of hydrogen-bond acceptors (Lipinski definition) is 4. The summed E-state index contributed by atoms with van der Waals surface area (Å²) in [5.41, 5.74) is 3.28. The van der Waals surface area contributed by atoms with Gasteiger partial charge in [0.15, 0.2) is 0 Å². The topological polar surface area (TPSA) is 84.5 Å². The zero-order valence-electron chi connectivity index (χ0n) is 17.7. The molecule has 2 aromatic carbocycles. The lowest BCUT2D eigenvalue weighted by atomic mass is 10.1. The average Bonchev–Trinajstić information content (AvgIpc) is 2.65. The fourth-order valence-electron chi connectivity index (χ4n) is 2.79. The van der Waals surface area contributed by atoms with Crippen molar-refractivity contribution in [2.75, 3.05) is 17.9 Å². The van der Waals surface area contributed by atoms with Crippen LogP contribution in [0.4, 0.5) is 5.69 Å². The third-order valence-corrected chi connectivity index (χ3v) is 6.15. The third kappa shape index (κ3) is 6.30. The van der Waals surface area contributed by atoms with E-state index in [1.165, 1.54) is 6.07 Å². The molecule has 6 nitrogen and oxygen atoms in total. The molecule has 2 rings (SSSR count). The molecule has 0 aliphatic rings. The summed E-state index contributed by atoms with van der Waals surface area (Å²) < 4.78 is 34.0. The van der Waals surface area contributed by atoms with Gasteiger partial charge in [0.05, 0.1) is 16.7 Å². The van der Waals surface area contributed by atoms with Crippen molar-refractivity contribution < 1.29 is 17.9 Å². The summed E-state index contributed by atoms with van der Waals surface area (Å²) in [6.45, 7) is 10.4. The fraction of sp³-hybridized carbons (Fsp3) is 0.409. The van der Waals surface area contributed by atoms with E-state index in [-0.39, 0.29) is 16.9 Å². The summed E-state index contributed by atoms with van der Waals surface area (Å²) in [5.74, 6) is -0.308. The highest BCUT2D eigenvalue weighted by atomic mass is 32.2. The molecule has 0 atom stereocenters. The summed E-state index contributed by atoms with van der Waals surface area (Å²) in [4.78, 5) is 12.5. The zero-order valence-corrected chi connectivity index (χ0v) is 18.5. The van der Waals surface area contributed by atoms with Crippen LogP contribution in [-0.2, 0) is 14.8 Å². The van der Waals surface area contributed by atoms with Crippen LogP contribution in [-0.4, -0.2) is 33.6 Å². The Hall–Kier alpha value is -2.38. The van der Waals surface area contributed by atoms with Gasteiger partial charge in [-0.3, -0.25) is 9.52 Å². The Morgan fingerprint density at radius 2 is 1.79 bits per heavy atom. The predicted octanol–water partition coefficient (Wildman–Crippen LogP) is 3.96. The molecule has 0 saturated heterocycles. The van der Waals surface area contributed by atoms with Crippen LogP contribution in [0, 0.1) is 20.8 Å². The SMILES string of the molecule is Cc1ccc(C(=O)NCCCOC(C)C)cc1S(=O)(=O)Nc1cccc(C)c1C. The number of ether oxygens (including phenoxy) is 1. The molecule has 0 heterocycles. The number of sulfonamides is 1. The van der Waals surface area contributed by atoms with E-state index in [2.05, 4.69) is 10.0 Å². The van der Waals surface area contributed by atoms with Gasteiger partial charge in [0.1, 0.15) is 0 Å². The van der Waals surface area contributed by atoms with Crippen LogP contribution < -0.4 is 10.0 Å². The molecule has 29 heavy (non-hydrogen) atoms. The van der Waals surface area contributed by atoms with Gasteiger partial charge < -0.3 is 10.1 Å². The Morgan fingerprint density at radius 1 is 1.07 bits per heavy atom. The second-order valence-electron chi connectivity index (χ2n) is 7.36. The lowest BCUT2D eigenvalue weighted by Gasteiger charge is -2.14. The summed E-state index contributed by atoms with van der Waals surface area (Å²) in [5, 5.41) is 2.80. The number of nitrogens with one attached hydrogen (secondary N) is 2. The van der Waals surface area contributed by atoms with Crippen molar-refractivity contribution in [3.8, 4) is 0 Å². The normalized spacial score (nSPS) is 11.5. The van der Waals surface area contributed by atoms with Gasteiger partial charge >= 0.3 is 0 Å². The first-order valence-corrected chi connectivity index (χ1v) is 11.2. The summed E-state index contributed by atoms with van der Waals surface area (Å²) in [7, 11) is -3.83. The van der Waals surface area contributed by atoms with Crippen LogP contribution in [0.3, 0.4) is 0 Å². The van der Waals surface area contributed by atoms with E-state index in [0.717, 1.165) is 11.1 Å². The number of carbonyl (C=O) groups excluding carboxylic acids is 1. The molecule has 0 aromatic heterocycles.